The molecule has 0 radical (unpaired) electrons. The number of H-pyrrole nitrogens is 1. The lowest BCUT2D eigenvalue weighted by molar-refractivity contribution is -0.118. The van der Waals surface area contributed by atoms with E-state index < -0.39 is 5.56 Å². The quantitative estimate of drug-likeness (QED) is 0.725. The maximum absolute atomic E-state index is 12.1. The second-order valence-corrected chi connectivity index (χ2v) is 5.41. The molecular weight excluding hydrogens is 288 g/mol. The summed E-state index contributed by atoms with van der Waals surface area (Å²) in [4.78, 5) is 34.7. The van der Waals surface area contributed by atoms with Gasteiger partial charge in [-0.2, -0.15) is 4.98 Å². The van der Waals surface area contributed by atoms with Gasteiger partial charge in [0.15, 0.2) is 11.2 Å². The van der Waals surface area contributed by atoms with E-state index >= 15 is 0 Å². The zero-order chi connectivity index (χ0) is 15.7. The highest BCUT2D eigenvalue weighted by Gasteiger charge is 2.20. The van der Waals surface area contributed by atoms with Crippen molar-refractivity contribution in [3.8, 4) is 0 Å². The van der Waals surface area contributed by atoms with E-state index in [9.17, 15) is 9.59 Å². The number of imidazole rings is 1. The van der Waals surface area contributed by atoms with E-state index in [0.717, 1.165) is 6.54 Å². The molecule has 1 unspecified atom stereocenters. The highest BCUT2D eigenvalue weighted by molar-refractivity contribution is 5.91. The number of anilines is 1. The molecule has 2 aromatic rings. The van der Waals surface area contributed by atoms with Crippen molar-refractivity contribution in [2.75, 3.05) is 25.0 Å². The Bertz CT molecular complexity index is 744. The highest BCUT2D eigenvalue weighted by Crippen LogP contribution is 2.17. The Kier molecular flexibility index (Phi) is 3.90. The van der Waals surface area contributed by atoms with Gasteiger partial charge in [-0.3, -0.25) is 24.5 Å². The second kappa shape index (κ2) is 5.85. The van der Waals surface area contributed by atoms with Crippen LogP contribution < -0.4 is 16.2 Å². The van der Waals surface area contributed by atoms with Gasteiger partial charge in [-0.05, 0) is 0 Å². The monoisotopic (exact) mass is 306 g/mol. The van der Waals surface area contributed by atoms with Crippen molar-refractivity contribution in [3.63, 3.8) is 0 Å². The summed E-state index contributed by atoms with van der Waals surface area (Å²) in [5.74, 6) is -0.317. The number of amides is 1. The number of carbonyl (C=O) groups is 1. The second-order valence-electron chi connectivity index (χ2n) is 5.41. The molecule has 0 bridgehead atoms. The van der Waals surface area contributed by atoms with Crippen LogP contribution in [0.15, 0.2) is 11.1 Å². The van der Waals surface area contributed by atoms with Crippen LogP contribution in [0, 0.1) is 5.92 Å². The maximum atomic E-state index is 12.1. The van der Waals surface area contributed by atoms with Crippen molar-refractivity contribution >= 4 is 23.0 Å². The molecular formula is C13H18N6O3. The van der Waals surface area contributed by atoms with Gasteiger partial charge in [0.25, 0.3) is 5.56 Å². The number of fused-ring (bicyclic) bond motifs is 1. The van der Waals surface area contributed by atoms with E-state index in [-0.39, 0.29) is 29.5 Å². The van der Waals surface area contributed by atoms with Crippen LogP contribution in [0.5, 0.6) is 0 Å². The molecule has 3 N–H and O–H groups in total. The molecule has 1 aliphatic heterocycles. The van der Waals surface area contributed by atoms with Crippen LogP contribution in [0.1, 0.15) is 20.1 Å². The summed E-state index contributed by atoms with van der Waals surface area (Å²) >= 11 is 0. The summed E-state index contributed by atoms with van der Waals surface area (Å²) in [5.41, 5.74) is 0.208. The smallest absolute Gasteiger partial charge is 0.280 e. The van der Waals surface area contributed by atoms with Crippen molar-refractivity contribution in [1.82, 2.24) is 24.8 Å². The predicted molar refractivity (Wildman–Crippen MR) is 79.5 cm³/mol. The Balaban J connectivity index is 1.99. The number of aromatic nitrogens is 4. The van der Waals surface area contributed by atoms with Gasteiger partial charge in [0.1, 0.15) is 6.23 Å². The fourth-order valence-corrected chi connectivity index (χ4v) is 2.19. The molecule has 1 fully saturated rings. The third kappa shape index (κ3) is 2.72. The summed E-state index contributed by atoms with van der Waals surface area (Å²) in [6.07, 6.45) is 1.25. The Hall–Kier alpha value is -2.26. The molecule has 0 aliphatic carbocycles. The number of rotatable bonds is 3. The van der Waals surface area contributed by atoms with Crippen molar-refractivity contribution in [1.29, 1.82) is 0 Å². The fourth-order valence-electron chi connectivity index (χ4n) is 2.19. The van der Waals surface area contributed by atoms with Gasteiger partial charge >= 0.3 is 0 Å². The Morgan fingerprint density at radius 3 is 3.05 bits per heavy atom. The van der Waals surface area contributed by atoms with E-state index in [1.165, 1.54) is 6.33 Å². The summed E-state index contributed by atoms with van der Waals surface area (Å²) in [7, 11) is 0. The minimum Gasteiger partial charge on any atom is -0.355 e. The van der Waals surface area contributed by atoms with E-state index in [4.69, 9.17) is 4.74 Å². The molecule has 0 aromatic carbocycles. The minimum atomic E-state index is -0.397. The zero-order valence-electron chi connectivity index (χ0n) is 12.4. The first-order chi connectivity index (χ1) is 10.6. The number of carbonyl (C=O) groups excluding carboxylic acids is 1. The average Bonchev–Trinajstić information content (AvgIpc) is 2.92. The third-order valence-electron chi connectivity index (χ3n) is 3.42. The number of morpholine rings is 1. The minimum absolute atomic E-state index is 0.113. The van der Waals surface area contributed by atoms with Crippen LogP contribution in [0.2, 0.25) is 0 Å². The maximum Gasteiger partial charge on any atom is 0.280 e. The summed E-state index contributed by atoms with van der Waals surface area (Å²) in [5, 5.41) is 5.80. The Morgan fingerprint density at radius 1 is 1.55 bits per heavy atom. The van der Waals surface area contributed by atoms with E-state index in [1.54, 1.807) is 18.4 Å². The van der Waals surface area contributed by atoms with Crippen molar-refractivity contribution in [3.05, 3.63) is 16.7 Å². The lowest BCUT2D eigenvalue weighted by Gasteiger charge is -2.24. The lowest BCUT2D eigenvalue weighted by atomic mass is 10.2. The molecule has 1 atom stereocenters. The molecule has 118 valence electrons. The van der Waals surface area contributed by atoms with Crippen LogP contribution in [-0.4, -0.2) is 45.1 Å². The van der Waals surface area contributed by atoms with Crippen molar-refractivity contribution in [2.24, 2.45) is 5.92 Å². The molecule has 0 spiro atoms. The van der Waals surface area contributed by atoms with Crippen LogP contribution in [0.3, 0.4) is 0 Å². The third-order valence-corrected chi connectivity index (χ3v) is 3.42. The van der Waals surface area contributed by atoms with Crippen molar-refractivity contribution < 1.29 is 9.53 Å². The van der Waals surface area contributed by atoms with Crippen molar-refractivity contribution in [2.45, 2.75) is 20.1 Å². The average molecular weight is 306 g/mol. The topological polar surface area (TPSA) is 114 Å². The van der Waals surface area contributed by atoms with Gasteiger partial charge in [-0.25, -0.2) is 4.98 Å². The molecule has 1 saturated heterocycles. The van der Waals surface area contributed by atoms with Gasteiger partial charge < -0.3 is 10.1 Å². The van der Waals surface area contributed by atoms with E-state index in [1.807, 2.05) is 0 Å². The van der Waals surface area contributed by atoms with Gasteiger partial charge in [0, 0.05) is 19.0 Å². The number of ether oxygens (including phenoxy) is 1. The molecule has 9 heteroatoms. The van der Waals surface area contributed by atoms with Gasteiger partial charge in [0.05, 0.1) is 12.9 Å². The predicted octanol–water partition coefficient (Wildman–Crippen LogP) is -0.167. The largest absolute Gasteiger partial charge is 0.355 e. The standard InChI is InChI=1S/C13H18N6O3/c1-7(2)11(20)17-13-16-10-9(12(21)18-13)15-6-19(10)8-5-14-3-4-22-8/h6-8,14H,3-5H2,1-2H3,(H2,16,17,18,20,21). The lowest BCUT2D eigenvalue weighted by Crippen LogP contribution is -2.36. The molecule has 1 amide bonds. The van der Waals surface area contributed by atoms with Crippen LogP contribution in [0.25, 0.3) is 11.2 Å². The summed E-state index contributed by atoms with van der Waals surface area (Å²) in [6.45, 7) is 5.49. The number of hydrogen-bond acceptors (Lipinski definition) is 6. The summed E-state index contributed by atoms with van der Waals surface area (Å²) < 4.78 is 7.35. The van der Waals surface area contributed by atoms with Gasteiger partial charge in [-0.15, -0.1) is 0 Å². The summed E-state index contributed by atoms with van der Waals surface area (Å²) in [6, 6.07) is 0. The number of nitrogens with zero attached hydrogens (tertiary/aromatic N) is 3. The van der Waals surface area contributed by atoms with Gasteiger partial charge in [0.2, 0.25) is 11.9 Å². The van der Waals surface area contributed by atoms with E-state index in [2.05, 4.69) is 25.6 Å². The van der Waals surface area contributed by atoms with Crippen LogP contribution in [0.4, 0.5) is 5.95 Å². The highest BCUT2D eigenvalue weighted by atomic mass is 16.5. The molecule has 3 heterocycles. The zero-order valence-corrected chi connectivity index (χ0v) is 12.4. The first-order valence-corrected chi connectivity index (χ1v) is 7.16. The number of hydrogen-bond donors (Lipinski definition) is 3. The van der Waals surface area contributed by atoms with Gasteiger partial charge in [-0.1, -0.05) is 13.8 Å². The molecule has 1 aliphatic rings. The molecule has 3 rings (SSSR count). The molecule has 0 saturated carbocycles. The first-order valence-electron chi connectivity index (χ1n) is 7.16. The molecule has 9 nitrogen and oxygen atoms in total. The van der Waals surface area contributed by atoms with Crippen LogP contribution in [-0.2, 0) is 9.53 Å². The SMILES string of the molecule is CC(C)C(=O)Nc1nc2c(ncn2C2CNCCO2)c(=O)[nH]1. The number of aromatic amines is 1. The fraction of sp³-hybridized carbons (Fsp3) is 0.538. The number of nitrogens with one attached hydrogen (secondary N) is 3. The Labute approximate surface area is 126 Å². The van der Waals surface area contributed by atoms with E-state index in [0.29, 0.717) is 18.8 Å². The molecule has 22 heavy (non-hydrogen) atoms. The Morgan fingerprint density at radius 2 is 2.36 bits per heavy atom. The normalized spacial score (nSPS) is 18.8. The van der Waals surface area contributed by atoms with Crippen LogP contribution >= 0.6 is 0 Å². The molecule has 2 aromatic heterocycles. The first kappa shape index (κ1) is 14.7.